The molecule has 0 atom stereocenters. The van der Waals surface area contributed by atoms with Gasteiger partial charge in [0.1, 0.15) is 12.4 Å². The molecule has 0 saturated heterocycles. The Bertz CT molecular complexity index is 406. The van der Waals surface area contributed by atoms with Crippen LogP contribution in [0.4, 0.5) is 0 Å². The Balaban J connectivity index is 2.31. The van der Waals surface area contributed by atoms with E-state index in [1.165, 1.54) is 12.1 Å². The zero-order valence-corrected chi connectivity index (χ0v) is 9.18. The van der Waals surface area contributed by atoms with E-state index in [-0.39, 0.29) is 31.1 Å². The third kappa shape index (κ3) is 4.52. The van der Waals surface area contributed by atoms with E-state index < -0.39 is 11.8 Å². The maximum Gasteiger partial charge on any atom is 0.255 e. The van der Waals surface area contributed by atoms with Crippen LogP contribution in [0.3, 0.4) is 0 Å². The van der Waals surface area contributed by atoms with Crippen molar-refractivity contribution in [1.29, 1.82) is 0 Å². The lowest BCUT2D eigenvalue weighted by Gasteiger charge is -2.06. The summed E-state index contributed by atoms with van der Waals surface area (Å²) in [7, 11) is 0. The molecule has 17 heavy (non-hydrogen) atoms. The van der Waals surface area contributed by atoms with Crippen molar-refractivity contribution in [3.63, 3.8) is 0 Å². The molecular formula is C11H14N2O4. The Hall–Kier alpha value is -2.08. The zero-order valence-electron chi connectivity index (χ0n) is 9.18. The molecule has 0 bridgehead atoms. The fourth-order valence-corrected chi connectivity index (χ4v) is 1.17. The monoisotopic (exact) mass is 238 g/mol. The summed E-state index contributed by atoms with van der Waals surface area (Å²) in [5, 5.41) is 11.9. The molecule has 2 amide bonds. The number of phenols is 1. The van der Waals surface area contributed by atoms with E-state index in [0.717, 1.165) is 0 Å². The molecule has 0 unspecified atom stereocenters. The lowest BCUT2D eigenvalue weighted by atomic mass is 10.2. The predicted octanol–water partition coefficient (Wildman–Crippen LogP) is -0.376. The molecule has 0 radical (unpaired) electrons. The van der Waals surface area contributed by atoms with E-state index in [0.29, 0.717) is 0 Å². The number of benzene rings is 1. The van der Waals surface area contributed by atoms with Gasteiger partial charge in [0.15, 0.2) is 0 Å². The summed E-state index contributed by atoms with van der Waals surface area (Å²) in [5.74, 6) is -1.04. The van der Waals surface area contributed by atoms with Crippen molar-refractivity contribution in [2.24, 2.45) is 5.73 Å². The smallest absolute Gasteiger partial charge is 0.255 e. The van der Waals surface area contributed by atoms with Crippen LogP contribution in [0.15, 0.2) is 24.3 Å². The molecule has 6 nitrogen and oxygen atoms in total. The number of hydrogen-bond donors (Lipinski definition) is 3. The standard InChI is InChI=1S/C11H14N2O4/c12-10(15)7-17-6-5-13-11(16)8-3-1-2-4-9(8)14/h1-4,14H,5-7H2,(H2,12,15)(H,13,16). The van der Waals surface area contributed by atoms with Crippen LogP contribution in [0.1, 0.15) is 10.4 Å². The normalized spacial score (nSPS) is 9.88. The minimum atomic E-state index is -0.558. The third-order valence-corrected chi connectivity index (χ3v) is 1.92. The molecule has 0 aliphatic heterocycles. The van der Waals surface area contributed by atoms with Gasteiger partial charge in [-0.15, -0.1) is 0 Å². The fraction of sp³-hybridized carbons (Fsp3) is 0.273. The Kier molecular flexibility index (Phi) is 4.96. The molecule has 0 fully saturated rings. The number of nitrogens with two attached hydrogens (primary N) is 1. The van der Waals surface area contributed by atoms with Crippen molar-refractivity contribution in [2.45, 2.75) is 0 Å². The highest BCUT2D eigenvalue weighted by molar-refractivity contribution is 5.96. The zero-order chi connectivity index (χ0) is 12.7. The van der Waals surface area contributed by atoms with Gasteiger partial charge in [-0.2, -0.15) is 0 Å². The summed E-state index contributed by atoms with van der Waals surface area (Å²) in [6, 6.07) is 6.22. The first-order valence-corrected chi connectivity index (χ1v) is 5.03. The third-order valence-electron chi connectivity index (χ3n) is 1.92. The minimum Gasteiger partial charge on any atom is -0.507 e. The number of phenolic OH excluding ortho intramolecular Hbond substituents is 1. The molecule has 0 spiro atoms. The number of primary amides is 1. The number of carbonyl (C=O) groups is 2. The Labute approximate surface area is 98.4 Å². The van der Waals surface area contributed by atoms with Gasteiger partial charge in [-0.3, -0.25) is 9.59 Å². The highest BCUT2D eigenvalue weighted by Crippen LogP contribution is 2.14. The Morgan fingerprint density at radius 2 is 2.06 bits per heavy atom. The molecular weight excluding hydrogens is 224 g/mol. The van der Waals surface area contributed by atoms with E-state index in [1.54, 1.807) is 12.1 Å². The number of aromatic hydroxyl groups is 1. The first-order valence-electron chi connectivity index (χ1n) is 5.03. The van der Waals surface area contributed by atoms with E-state index in [2.05, 4.69) is 5.32 Å². The molecule has 92 valence electrons. The van der Waals surface area contributed by atoms with E-state index >= 15 is 0 Å². The maximum atomic E-state index is 11.5. The van der Waals surface area contributed by atoms with Crippen LogP contribution in [0.2, 0.25) is 0 Å². The summed E-state index contributed by atoms with van der Waals surface area (Å²) in [6.07, 6.45) is 0. The molecule has 0 aliphatic rings. The summed E-state index contributed by atoms with van der Waals surface area (Å²) in [5.41, 5.74) is 5.06. The van der Waals surface area contributed by atoms with Crippen molar-refractivity contribution in [3.05, 3.63) is 29.8 Å². The molecule has 1 rings (SSSR count). The molecule has 0 saturated carbocycles. The average Bonchev–Trinajstić information content (AvgIpc) is 2.28. The number of nitrogens with one attached hydrogen (secondary N) is 1. The predicted molar refractivity (Wildman–Crippen MR) is 60.5 cm³/mol. The molecule has 0 aliphatic carbocycles. The van der Waals surface area contributed by atoms with Crippen molar-refractivity contribution in [1.82, 2.24) is 5.32 Å². The van der Waals surface area contributed by atoms with Crippen molar-refractivity contribution < 1.29 is 19.4 Å². The number of carbonyl (C=O) groups excluding carboxylic acids is 2. The topological polar surface area (TPSA) is 102 Å². The molecule has 0 aromatic heterocycles. The number of para-hydroxylation sites is 1. The van der Waals surface area contributed by atoms with E-state index in [4.69, 9.17) is 10.5 Å². The van der Waals surface area contributed by atoms with Crippen LogP contribution in [0.25, 0.3) is 0 Å². The quantitative estimate of drug-likeness (QED) is 0.588. The lowest BCUT2D eigenvalue weighted by molar-refractivity contribution is -0.122. The number of ether oxygens (including phenoxy) is 1. The van der Waals surface area contributed by atoms with Crippen LogP contribution in [0.5, 0.6) is 5.75 Å². The summed E-state index contributed by atoms with van der Waals surface area (Å²) >= 11 is 0. The van der Waals surface area contributed by atoms with Gasteiger partial charge >= 0.3 is 0 Å². The summed E-state index contributed by atoms with van der Waals surface area (Å²) < 4.78 is 4.86. The van der Waals surface area contributed by atoms with Gasteiger partial charge in [-0.25, -0.2) is 0 Å². The molecule has 0 heterocycles. The van der Waals surface area contributed by atoms with Crippen LogP contribution in [0, 0.1) is 0 Å². The SMILES string of the molecule is NC(=O)COCCNC(=O)c1ccccc1O. The maximum absolute atomic E-state index is 11.5. The molecule has 1 aromatic rings. The van der Waals surface area contributed by atoms with Gasteiger partial charge in [0, 0.05) is 6.54 Å². The van der Waals surface area contributed by atoms with Gasteiger partial charge < -0.3 is 20.9 Å². The van der Waals surface area contributed by atoms with Gasteiger partial charge in [0.25, 0.3) is 5.91 Å². The van der Waals surface area contributed by atoms with Crippen molar-refractivity contribution in [2.75, 3.05) is 19.8 Å². The van der Waals surface area contributed by atoms with Crippen LogP contribution >= 0.6 is 0 Å². The number of hydrogen-bond acceptors (Lipinski definition) is 4. The molecule has 6 heteroatoms. The van der Waals surface area contributed by atoms with Gasteiger partial charge in [-0.05, 0) is 12.1 Å². The van der Waals surface area contributed by atoms with Gasteiger partial charge in [-0.1, -0.05) is 12.1 Å². The second-order valence-corrected chi connectivity index (χ2v) is 3.29. The first kappa shape index (κ1) is 13.0. The van der Waals surface area contributed by atoms with Gasteiger partial charge in [0.2, 0.25) is 5.91 Å². The van der Waals surface area contributed by atoms with E-state index in [9.17, 15) is 14.7 Å². The second-order valence-electron chi connectivity index (χ2n) is 3.29. The van der Waals surface area contributed by atoms with Crippen LogP contribution in [-0.4, -0.2) is 36.7 Å². The highest BCUT2D eigenvalue weighted by atomic mass is 16.5. The molecule has 1 aromatic carbocycles. The van der Waals surface area contributed by atoms with Gasteiger partial charge in [0.05, 0.1) is 12.2 Å². The Morgan fingerprint density at radius 3 is 2.71 bits per heavy atom. The van der Waals surface area contributed by atoms with Crippen LogP contribution in [-0.2, 0) is 9.53 Å². The number of rotatable bonds is 6. The minimum absolute atomic E-state index is 0.0805. The fourth-order valence-electron chi connectivity index (χ4n) is 1.17. The second kappa shape index (κ2) is 6.49. The average molecular weight is 238 g/mol. The van der Waals surface area contributed by atoms with Crippen LogP contribution < -0.4 is 11.1 Å². The van der Waals surface area contributed by atoms with Crippen molar-refractivity contribution in [3.8, 4) is 5.75 Å². The summed E-state index contributed by atoms with van der Waals surface area (Å²) in [6.45, 7) is 0.245. The highest BCUT2D eigenvalue weighted by Gasteiger charge is 2.08. The van der Waals surface area contributed by atoms with E-state index in [1.807, 2.05) is 0 Å². The lowest BCUT2D eigenvalue weighted by Crippen LogP contribution is -2.28. The Morgan fingerprint density at radius 1 is 1.35 bits per heavy atom. The first-order chi connectivity index (χ1) is 8.11. The summed E-state index contributed by atoms with van der Waals surface area (Å²) in [4.78, 5) is 21.9. The number of amides is 2. The van der Waals surface area contributed by atoms with Crippen molar-refractivity contribution >= 4 is 11.8 Å². The largest absolute Gasteiger partial charge is 0.507 e. The molecule has 4 N–H and O–H groups in total.